The molecule has 10 rings (SSSR count). The van der Waals surface area contributed by atoms with Crippen LogP contribution in [0, 0.1) is 17.2 Å². The van der Waals surface area contributed by atoms with E-state index in [-0.39, 0.29) is 40.5 Å². The van der Waals surface area contributed by atoms with Gasteiger partial charge in [-0.15, -0.1) is 9.42 Å². The van der Waals surface area contributed by atoms with Gasteiger partial charge in [-0.3, -0.25) is 38.3 Å². The van der Waals surface area contributed by atoms with E-state index in [0.29, 0.717) is 33.8 Å². The van der Waals surface area contributed by atoms with Gasteiger partial charge in [0.25, 0.3) is 11.5 Å². The van der Waals surface area contributed by atoms with E-state index >= 15 is 8.78 Å². The molecule has 2 aliphatic heterocycles. The van der Waals surface area contributed by atoms with E-state index in [1.54, 1.807) is 68.4 Å². The van der Waals surface area contributed by atoms with Crippen molar-refractivity contribution < 1.29 is 69.6 Å². The number of benzene rings is 4. The summed E-state index contributed by atoms with van der Waals surface area (Å²) < 4.78 is 105. The Kier molecular flexibility index (Phi) is 18.5. The Hall–Kier alpha value is -7.90. The highest BCUT2D eigenvalue weighted by molar-refractivity contribution is 8.07. The summed E-state index contributed by atoms with van der Waals surface area (Å²) >= 11 is 6.00. The molecule has 4 N–H and O–H groups in total. The number of ether oxygens (including phenoxy) is 5. The van der Waals surface area contributed by atoms with Crippen LogP contribution in [0.2, 0.25) is 0 Å². The topological polar surface area (TPSA) is 310 Å². The summed E-state index contributed by atoms with van der Waals surface area (Å²) in [5.74, 6) is -0.695. The molecule has 10 atom stereocenters. The van der Waals surface area contributed by atoms with Crippen LogP contribution in [0.3, 0.4) is 0 Å². The SMILES string of the molecule is COc1ccc(C(OC[C@H]2O[C@@H](n3cnc4c(NC(=O)c5ccccc5)ncnc43)[C@H](OP(=S)(OCCC#N)OC[C@H]3O[C@@H](n4cnc5c(=O)[nH]c(NC(=O)C(C)C)nc54)[C@H](F)[C@@H]3O[P+](=O)O)[C@@H]2F)(c2ccccc2)c2ccc(OC)cc2)cc1. The third-order valence-electron chi connectivity index (χ3n) is 13.9. The zero-order chi connectivity index (χ0) is 60.0. The van der Waals surface area contributed by atoms with Gasteiger partial charge in [0.2, 0.25) is 11.9 Å². The van der Waals surface area contributed by atoms with E-state index in [2.05, 4.69) is 40.5 Å². The first-order valence-electron chi connectivity index (χ1n) is 26.2. The Morgan fingerprint density at radius 1 is 0.800 bits per heavy atom. The highest BCUT2D eigenvalue weighted by atomic mass is 32.5. The highest BCUT2D eigenvalue weighted by Crippen LogP contribution is 2.56. The summed E-state index contributed by atoms with van der Waals surface area (Å²) in [5.41, 5.74) is -0.475. The molecule has 2 amide bonds. The van der Waals surface area contributed by atoms with Crippen molar-refractivity contribution >= 4 is 72.7 Å². The maximum Gasteiger partial charge on any atom is 0.695 e. The quantitative estimate of drug-likeness (QED) is 0.0254. The lowest BCUT2D eigenvalue weighted by atomic mass is 9.80. The fraction of sp³-hybridized carbons (Fsp3) is 0.327. The van der Waals surface area contributed by atoms with Gasteiger partial charge in [-0.1, -0.05) is 86.6 Å². The smallest absolute Gasteiger partial charge is 0.497 e. The summed E-state index contributed by atoms with van der Waals surface area (Å²) in [6, 6.07) is 33.8. The zero-order valence-electron chi connectivity index (χ0n) is 45.5. The lowest BCUT2D eigenvalue weighted by Gasteiger charge is -2.37. The minimum atomic E-state index is -4.46. The maximum atomic E-state index is 18.2. The number of halogens is 2. The normalized spacial score (nSPS) is 21.4. The zero-order valence-corrected chi connectivity index (χ0v) is 48.1. The fourth-order valence-electron chi connectivity index (χ4n) is 9.68. The summed E-state index contributed by atoms with van der Waals surface area (Å²) in [7, 11) is -0.442. The molecule has 442 valence electrons. The lowest BCUT2D eigenvalue weighted by Crippen LogP contribution is -2.38. The number of anilines is 2. The minimum Gasteiger partial charge on any atom is -0.497 e. The van der Waals surface area contributed by atoms with Crippen LogP contribution in [-0.2, 0) is 59.1 Å². The average molecular weight is 1230 g/mol. The largest absolute Gasteiger partial charge is 0.695 e. The molecule has 0 radical (unpaired) electrons. The third-order valence-corrected chi connectivity index (χ3v) is 16.6. The molecule has 4 aromatic carbocycles. The van der Waals surface area contributed by atoms with Gasteiger partial charge < -0.3 is 38.0 Å². The molecule has 85 heavy (non-hydrogen) atoms. The number of rotatable bonds is 24. The Balaban J connectivity index is 1.01. The summed E-state index contributed by atoms with van der Waals surface area (Å²) in [6.07, 6.45) is -11.5. The van der Waals surface area contributed by atoms with Gasteiger partial charge in [0.1, 0.15) is 41.7 Å². The summed E-state index contributed by atoms with van der Waals surface area (Å²) in [4.78, 5) is 73.1. The van der Waals surface area contributed by atoms with Crippen LogP contribution in [0.5, 0.6) is 11.5 Å². The van der Waals surface area contributed by atoms with Gasteiger partial charge >= 0.3 is 15.0 Å². The second-order valence-corrected chi connectivity index (χ2v) is 23.1. The number of aromatic nitrogens is 8. The van der Waals surface area contributed by atoms with Crippen LogP contribution in [-0.4, -0.2) is 127 Å². The second-order valence-electron chi connectivity index (χ2n) is 19.4. The number of alkyl halides is 2. The highest BCUT2D eigenvalue weighted by Gasteiger charge is 2.55. The number of nitriles is 1. The molecule has 0 saturated carbocycles. The number of nitrogens with one attached hydrogen (secondary N) is 3. The van der Waals surface area contributed by atoms with Crippen molar-refractivity contribution in [2.24, 2.45) is 5.92 Å². The molecule has 6 heterocycles. The standard InChI is InChI=1S/C55H53F2N11O14P2S/c1-31(2)49(69)65-54-64-48-43(51(71)66-54)62-30-68(48)52-41(57)44(81-83(72)73)39(80-52)27-78-84(85,77-25-11-24-58)82-45-40(56)38(79-53(45)67-29-61-42-46(59-28-60-47(42)67)63-50(70)32-12-7-5-8-13-32)26-76-55(33-14-9-6-10-15-33,34-16-20-36(74-3)21-17-34)35-18-22-37(75-4)23-19-35/h5-10,12-23,28-31,38-41,44-45,52-53H,11,25-27H2,1-4H3,(H3-,59,60,63,64,65,66,69,70,71,72,73)/p+1/t38-,39-,40-,41-,44-,45-,52-,53-,84?/m1/s1. The maximum absolute atomic E-state index is 18.2. The van der Waals surface area contributed by atoms with Crippen LogP contribution in [0.1, 0.15) is 59.8 Å². The number of fused-ring (bicyclic) bond motifs is 2. The second kappa shape index (κ2) is 26.2. The molecule has 2 saturated heterocycles. The molecule has 30 heteroatoms. The fourth-order valence-corrected chi connectivity index (χ4v) is 12.2. The molecule has 2 unspecified atom stereocenters. The Morgan fingerprint density at radius 3 is 2.04 bits per heavy atom. The minimum absolute atomic E-state index is 0.00305. The van der Waals surface area contributed by atoms with E-state index in [1.807, 2.05) is 60.7 Å². The summed E-state index contributed by atoms with van der Waals surface area (Å²) in [6.45, 7) is -2.97. The molecule has 0 aliphatic carbocycles. The molecular weight excluding hydrogens is 1170 g/mol. The number of imidazole rings is 2. The number of carbonyl (C=O) groups is 2. The molecule has 0 bridgehead atoms. The lowest BCUT2D eigenvalue weighted by molar-refractivity contribution is -0.118. The summed E-state index contributed by atoms with van der Waals surface area (Å²) in [5, 5.41) is 14.9. The van der Waals surface area contributed by atoms with Crippen molar-refractivity contribution in [3.05, 3.63) is 161 Å². The van der Waals surface area contributed by atoms with Gasteiger partial charge in [-0.2, -0.15) is 10.2 Å². The molecular formula is C55H54F2N11O14P2S+. The molecule has 2 aliphatic rings. The van der Waals surface area contributed by atoms with Gasteiger partial charge in [0, 0.05) is 16.0 Å². The van der Waals surface area contributed by atoms with Crippen LogP contribution < -0.4 is 25.7 Å². The van der Waals surface area contributed by atoms with Crippen LogP contribution >= 0.6 is 15.0 Å². The number of amides is 2. The van der Waals surface area contributed by atoms with Crippen molar-refractivity contribution in [3.63, 3.8) is 0 Å². The molecule has 0 spiro atoms. The van der Waals surface area contributed by atoms with E-state index in [1.165, 1.54) is 25.1 Å². The van der Waals surface area contributed by atoms with Crippen molar-refractivity contribution in [1.82, 2.24) is 39.0 Å². The first-order chi connectivity index (χ1) is 41.0. The third kappa shape index (κ3) is 12.7. The van der Waals surface area contributed by atoms with Gasteiger partial charge in [0.05, 0.1) is 59.2 Å². The van der Waals surface area contributed by atoms with E-state index in [0.717, 1.165) is 17.2 Å². The number of methoxy groups -OCH3 is 2. The Labute approximate surface area is 488 Å². The van der Waals surface area contributed by atoms with Crippen molar-refractivity contribution in [3.8, 4) is 17.6 Å². The number of carbonyl (C=O) groups excluding carboxylic acids is 2. The molecule has 8 aromatic rings. The number of nitrogens with zero attached hydrogens (tertiary/aromatic N) is 8. The van der Waals surface area contributed by atoms with Gasteiger partial charge in [0.15, 0.2) is 59.0 Å². The first kappa shape index (κ1) is 60.2. The predicted octanol–water partition coefficient (Wildman–Crippen LogP) is 7.89. The molecule has 25 nitrogen and oxygen atoms in total. The number of hydrogen-bond acceptors (Lipinski definition) is 20. The van der Waals surface area contributed by atoms with Crippen LogP contribution in [0.15, 0.2) is 133 Å². The Bertz CT molecular complexity index is 3800. The molecule has 2 fully saturated rings. The van der Waals surface area contributed by atoms with E-state index < -0.39 is 113 Å². The van der Waals surface area contributed by atoms with Crippen molar-refractivity contribution in [2.45, 2.75) is 75.1 Å². The number of H-pyrrole nitrogens is 1. The Morgan fingerprint density at radius 2 is 1.41 bits per heavy atom. The first-order valence-corrected chi connectivity index (χ1v) is 29.9. The number of hydrogen-bond donors (Lipinski definition) is 4. The van der Waals surface area contributed by atoms with Gasteiger partial charge in [-0.25, -0.2) is 28.7 Å². The van der Waals surface area contributed by atoms with E-state index in [4.69, 9.17) is 53.6 Å². The van der Waals surface area contributed by atoms with E-state index in [9.17, 15) is 29.1 Å². The molecule has 4 aromatic heterocycles. The van der Waals surface area contributed by atoms with Crippen LogP contribution in [0.4, 0.5) is 20.5 Å². The van der Waals surface area contributed by atoms with Crippen LogP contribution in [0.25, 0.3) is 22.3 Å². The number of aromatic amines is 1. The van der Waals surface area contributed by atoms with Crippen molar-refractivity contribution in [1.29, 1.82) is 5.26 Å². The monoisotopic (exact) mass is 1220 g/mol. The van der Waals surface area contributed by atoms with Crippen molar-refractivity contribution in [2.75, 3.05) is 44.7 Å². The predicted molar refractivity (Wildman–Crippen MR) is 303 cm³/mol. The van der Waals surface area contributed by atoms with Gasteiger partial charge in [-0.05, 0) is 64.9 Å². The average Bonchev–Trinajstić information content (AvgIpc) is 2.75.